The molecule has 0 amide bonds. The van der Waals surface area contributed by atoms with E-state index in [9.17, 15) is 8.78 Å². The van der Waals surface area contributed by atoms with Gasteiger partial charge in [0, 0.05) is 16.5 Å². The molecule has 0 atom stereocenters. The zero-order valence-electron chi connectivity index (χ0n) is 7.43. The van der Waals surface area contributed by atoms with Crippen molar-refractivity contribution in [2.75, 3.05) is 17.6 Å². The topological polar surface area (TPSA) is 38.0 Å². The lowest BCUT2D eigenvalue weighted by molar-refractivity contribution is 0.142. The van der Waals surface area contributed by atoms with Gasteiger partial charge in [-0.05, 0) is 40.8 Å². The Kier molecular flexibility index (Phi) is 4.37. The monoisotopic (exact) mass is 312 g/mol. The Bertz CT molecular complexity index is 305. The first kappa shape index (κ1) is 11.5. The molecule has 0 aliphatic carbocycles. The van der Waals surface area contributed by atoms with Crippen LogP contribution in [0.2, 0.25) is 0 Å². The van der Waals surface area contributed by atoms with Gasteiger partial charge in [0.15, 0.2) is 0 Å². The summed E-state index contributed by atoms with van der Waals surface area (Å²) in [6.07, 6.45) is -2.43. The average molecular weight is 312 g/mol. The van der Waals surface area contributed by atoms with Crippen molar-refractivity contribution in [1.29, 1.82) is 0 Å². The molecule has 3 N–H and O–H groups in total. The lowest BCUT2D eigenvalue weighted by Gasteiger charge is -2.08. The van der Waals surface area contributed by atoms with Gasteiger partial charge in [0.1, 0.15) is 0 Å². The van der Waals surface area contributed by atoms with Crippen LogP contribution in [0.3, 0.4) is 0 Å². The van der Waals surface area contributed by atoms with Crippen LogP contribution in [0, 0.1) is 3.57 Å². The SMILES string of the molecule is Nc1cc(I)ccc1NCCC(F)F. The van der Waals surface area contributed by atoms with Crippen molar-refractivity contribution in [2.24, 2.45) is 0 Å². The lowest BCUT2D eigenvalue weighted by atomic mass is 10.2. The largest absolute Gasteiger partial charge is 0.397 e. The number of hydrogen-bond donors (Lipinski definition) is 2. The van der Waals surface area contributed by atoms with Gasteiger partial charge in [0.2, 0.25) is 6.43 Å². The van der Waals surface area contributed by atoms with E-state index in [4.69, 9.17) is 5.73 Å². The maximum atomic E-state index is 11.8. The Morgan fingerprint density at radius 3 is 2.71 bits per heavy atom. The molecule has 0 aliphatic rings. The lowest BCUT2D eigenvalue weighted by Crippen LogP contribution is -2.07. The number of anilines is 2. The van der Waals surface area contributed by atoms with E-state index >= 15 is 0 Å². The van der Waals surface area contributed by atoms with Crippen LogP contribution in [0.15, 0.2) is 18.2 Å². The van der Waals surface area contributed by atoms with E-state index in [1.165, 1.54) is 0 Å². The molecular formula is C9H11F2IN2. The van der Waals surface area contributed by atoms with Crippen molar-refractivity contribution >= 4 is 34.0 Å². The van der Waals surface area contributed by atoms with E-state index in [1.807, 2.05) is 6.07 Å². The molecule has 0 radical (unpaired) electrons. The molecule has 0 saturated heterocycles. The normalized spacial score (nSPS) is 10.6. The summed E-state index contributed by atoms with van der Waals surface area (Å²) in [5.41, 5.74) is 6.99. The van der Waals surface area contributed by atoms with Crippen molar-refractivity contribution in [2.45, 2.75) is 12.8 Å². The number of halogens is 3. The van der Waals surface area contributed by atoms with E-state index in [-0.39, 0.29) is 13.0 Å². The zero-order valence-corrected chi connectivity index (χ0v) is 9.59. The summed E-state index contributed by atoms with van der Waals surface area (Å²) in [5.74, 6) is 0. The molecule has 0 aliphatic heterocycles. The van der Waals surface area contributed by atoms with E-state index < -0.39 is 6.43 Å². The second-order valence-electron chi connectivity index (χ2n) is 2.84. The quantitative estimate of drug-likeness (QED) is 0.663. The Labute approximate surface area is 95.0 Å². The van der Waals surface area contributed by atoms with Crippen molar-refractivity contribution < 1.29 is 8.78 Å². The number of benzene rings is 1. The fraction of sp³-hybridized carbons (Fsp3) is 0.333. The summed E-state index contributed by atoms with van der Waals surface area (Å²) in [7, 11) is 0. The van der Waals surface area contributed by atoms with E-state index in [0.717, 1.165) is 3.57 Å². The van der Waals surface area contributed by atoms with Gasteiger partial charge < -0.3 is 11.1 Å². The van der Waals surface area contributed by atoms with Crippen LogP contribution in [-0.4, -0.2) is 13.0 Å². The molecule has 14 heavy (non-hydrogen) atoms. The van der Waals surface area contributed by atoms with E-state index in [1.54, 1.807) is 12.1 Å². The highest BCUT2D eigenvalue weighted by molar-refractivity contribution is 14.1. The molecule has 0 spiro atoms. The number of nitrogens with one attached hydrogen (secondary N) is 1. The Hall–Kier alpha value is -0.590. The molecule has 1 rings (SSSR count). The molecule has 1 aromatic carbocycles. The van der Waals surface area contributed by atoms with Crippen molar-refractivity contribution in [1.82, 2.24) is 0 Å². The van der Waals surface area contributed by atoms with Crippen LogP contribution in [-0.2, 0) is 0 Å². The van der Waals surface area contributed by atoms with E-state index in [2.05, 4.69) is 27.9 Å². The van der Waals surface area contributed by atoms with Crippen LogP contribution < -0.4 is 11.1 Å². The van der Waals surface area contributed by atoms with Gasteiger partial charge in [-0.25, -0.2) is 8.78 Å². The molecule has 0 fully saturated rings. The third kappa shape index (κ3) is 3.65. The molecule has 0 saturated carbocycles. The molecular weight excluding hydrogens is 301 g/mol. The molecule has 0 unspecified atom stereocenters. The molecule has 2 nitrogen and oxygen atoms in total. The van der Waals surface area contributed by atoms with E-state index in [0.29, 0.717) is 11.4 Å². The summed E-state index contributed by atoms with van der Waals surface area (Å²) in [6, 6.07) is 5.47. The van der Waals surface area contributed by atoms with Crippen LogP contribution >= 0.6 is 22.6 Å². The first-order valence-corrected chi connectivity index (χ1v) is 5.24. The van der Waals surface area contributed by atoms with Crippen molar-refractivity contribution in [3.05, 3.63) is 21.8 Å². The van der Waals surface area contributed by atoms with Gasteiger partial charge >= 0.3 is 0 Å². The minimum absolute atomic E-state index is 0.161. The molecule has 1 aromatic rings. The minimum atomic E-state index is -2.27. The standard InChI is InChI=1S/C9H11F2IN2/c10-9(11)3-4-14-8-2-1-6(12)5-7(8)13/h1-2,5,9,14H,3-4,13H2. The maximum absolute atomic E-state index is 11.8. The summed E-state index contributed by atoms with van der Waals surface area (Å²) >= 11 is 2.14. The fourth-order valence-corrected chi connectivity index (χ4v) is 1.53. The van der Waals surface area contributed by atoms with Gasteiger partial charge in [0.05, 0.1) is 11.4 Å². The summed E-state index contributed by atoms with van der Waals surface area (Å²) in [6.45, 7) is 0.239. The zero-order chi connectivity index (χ0) is 10.6. The molecule has 0 bridgehead atoms. The van der Waals surface area contributed by atoms with Crippen molar-refractivity contribution in [3.63, 3.8) is 0 Å². The first-order chi connectivity index (χ1) is 6.59. The molecule has 5 heteroatoms. The minimum Gasteiger partial charge on any atom is -0.397 e. The summed E-state index contributed by atoms with van der Waals surface area (Å²) < 4.78 is 24.7. The van der Waals surface area contributed by atoms with Crippen molar-refractivity contribution in [3.8, 4) is 0 Å². The highest BCUT2D eigenvalue weighted by atomic mass is 127. The highest BCUT2D eigenvalue weighted by Gasteiger charge is 2.03. The number of rotatable bonds is 4. The molecule has 0 heterocycles. The molecule has 78 valence electrons. The smallest absolute Gasteiger partial charge is 0.240 e. The second-order valence-corrected chi connectivity index (χ2v) is 4.08. The van der Waals surface area contributed by atoms with Gasteiger partial charge in [-0.3, -0.25) is 0 Å². The maximum Gasteiger partial charge on any atom is 0.240 e. The number of alkyl halides is 2. The molecule has 0 aromatic heterocycles. The third-order valence-electron chi connectivity index (χ3n) is 1.69. The van der Waals surface area contributed by atoms with Gasteiger partial charge in [-0.2, -0.15) is 0 Å². The Balaban J connectivity index is 2.51. The average Bonchev–Trinajstić information content (AvgIpc) is 2.08. The van der Waals surface area contributed by atoms with Crippen LogP contribution in [0.5, 0.6) is 0 Å². The summed E-state index contributed by atoms with van der Waals surface area (Å²) in [5, 5.41) is 2.86. The first-order valence-electron chi connectivity index (χ1n) is 4.16. The summed E-state index contributed by atoms with van der Waals surface area (Å²) in [4.78, 5) is 0. The van der Waals surface area contributed by atoms with Gasteiger partial charge in [-0.15, -0.1) is 0 Å². The Morgan fingerprint density at radius 2 is 2.14 bits per heavy atom. The predicted molar refractivity (Wildman–Crippen MR) is 62.7 cm³/mol. The third-order valence-corrected chi connectivity index (χ3v) is 2.36. The van der Waals surface area contributed by atoms with Gasteiger partial charge in [0.25, 0.3) is 0 Å². The number of nitrogen functional groups attached to an aromatic ring is 1. The number of hydrogen-bond acceptors (Lipinski definition) is 2. The highest BCUT2D eigenvalue weighted by Crippen LogP contribution is 2.20. The Morgan fingerprint density at radius 1 is 1.43 bits per heavy atom. The fourth-order valence-electron chi connectivity index (χ4n) is 1.01. The van der Waals surface area contributed by atoms with Gasteiger partial charge in [-0.1, -0.05) is 0 Å². The predicted octanol–water partition coefficient (Wildman–Crippen LogP) is 2.94. The second kappa shape index (κ2) is 5.33. The van der Waals surface area contributed by atoms with Crippen LogP contribution in [0.1, 0.15) is 6.42 Å². The van der Waals surface area contributed by atoms with Crippen LogP contribution in [0.4, 0.5) is 20.2 Å². The number of nitrogens with two attached hydrogens (primary N) is 1. The van der Waals surface area contributed by atoms with Crippen LogP contribution in [0.25, 0.3) is 0 Å².